The Hall–Kier alpha value is -2.07. The highest BCUT2D eigenvalue weighted by Crippen LogP contribution is 2.28. The maximum Gasteiger partial charge on any atom is 0.255 e. The third-order valence-electron chi connectivity index (χ3n) is 5.90. The number of morpholine rings is 1. The van der Waals surface area contributed by atoms with E-state index in [9.17, 15) is 9.59 Å². The molecule has 4 N–H and O–H groups in total. The summed E-state index contributed by atoms with van der Waals surface area (Å²) in [6, 6.07) is 3.04. The van der Waals surface area contributed by atoms with Gasteiger partial charge < -0.3 is 30.5 Å². The van der Waals surface area contributed by atoms with E-state index in [0.29, 0.717) is 54.2 Å². The Bertz CT molecular complexity index is 785. The van der Waals surface area contributed by atoms with Crippen LogP contribution in [0.5, 0.6) is 5.75 Å². The van der Waals surface area contributed by atoms with Gasteiger partial charge in [-0.2, -0.15) is 0 Å². The Morgan fingerprint density at radius 1 is 1.32 bits per heavy atom. The molecular weight excluding hydrogens is 424 g/mol. The maximum absolute atomic E-state index is 12.6. The minimum Gasteiger partial charge on any atom is -0.496 e. The lowest BCUT2D eigenvalue weighted by molar-refractivity contribution is -0.135. The number of likely N-dealkylation sites (tertiary alicyclic amines) is 1. The molecule has 1 aromatic carbocycles. The molecule has 0 aromatic heterocycles. The molecular formula is C21H31ClN4O5. The van der Waals surface area contributed by atoms with Gasteiger partial charge in [0.2, 0.25) is 5.91 Å². The number of ether oxygens (including phenoxy) is 2. The number of carbonyl (C=O) groups is 2. The van der Waals surface area contributed by atoms with E-state index in [0.717, 1.165) is 32.5 Å². The molecule has 0 spiro atoms. The first-order chi connectivity index (χ1) is 14.9. The molecule has 172 valence electrons. The average Bonchev–Trinajstić information content (AvgIpc) is 2.79. The lowest BCUT2D eigenvalue weighted by Gasteiger charge is -2.38. The summed E-state index contributed by atoms with van der Waals surface area (Å²) in [6.07, 6.45) is 1.76. The largest absolute Gasteiger partial charge is 0.496 e. The van der Waals surface area contributed by atoms with Crippen molar-refractivity contribution in [2.75, 3.05) is 65.3 Å². The van der Waals surface area contributed by atoms with Crippen molar-refractivity contribution in [1.82, 2.24) is 15.1 Å². The molecule has 0 bridgehead atoms. The maximum atomic E-state index is 12.6. The highest BCUT2D eigenvalue weighted by atomic mass is 35.5. The van der Waals surface area contributed by atoms with Crippen molar-refractivity contribution in [1.29, 1.82) is 0 Å². The predicted octanol–water partition coefficient (Wildman–Crippen LogP) is 0.592. The molecule has 2 amide bonds. The van der Waals surface area contributed by atoms with Crippen LogP contribution in [-0.4, -0.2) is 92.4 Å². The molecule has 0 saturated carbocycles. The van der Waals surface area contributed by atoms with Crippen LogP contribution in [-0.2, 0) is 9.53 Å². The molecule has 2 fully saturated rings. The van der Waals surface area contributed by atoms with Gasteiger partial charge in [0.1, 0.15) is 12.4 Å². The van der Waals surface area contributed by atoms with E-state index in [1.54, 1.807) is 4.90 Å². The predicted molar refractivity (Wildman–Crippen MR) is 117 cm³/mol. The van der Waals surface area contributed by atoms with Gasteiger partial charge in [-0.05, 0) is 24.8 Å². The lowest BCUT2D eigenvalue weighted by atomic mass is 9.96. The van der Waals surface area contributed by atoms with Gasteiger partial charge in [0.05, 0.1) is 36.1 Å². The number of aliphatic hydroxyl groups excluding tert-OH is 1. The quantitative estimate of drug-likeness (QED) is 0.516. The van der Waals surface area contributed by atoms with Crippen LogP contribution < -0.4 is 15.8 Å². The number of benzene rings is 1. The Morgan fingerprint density at radius 3 is 2.74 bits per heavy atom. The second-order valence-corrected chi connectivity index (χ2v) is 8.43. The summed E-state index contributed by atoms with van der Waals surface area (Å²) >= 11 is 6.06. The number of aliphatic hydroxyl groups is 1. The van der Waals surface area contributed by atoms with Crippen molar-refractivity contribution in [2.24, 2.45) is 5.92 Å². The Labute approximate surface area is 187 Å². The van der Waals surface area contributed by atoms with Gasteiger partial charge in [0.25, 0.3) is 5.91 Å². The standard InChI is InChI=1S/C21H31ClN4O5/c1-30-19-9-18(23)17(22)8-16(19)21(29)24-10-15-12-25(6-7-31-15)11-14-2-4-26(5-3-14)20(28)13-27/h8-9,14-15,27H,2-7,10-13,23H2,1H3,(H,24,29)/t15-/m0/s1. The zero-order valence-electron chi connectivity index (χ0n) is 17.8. The SMILES string of the molecule is COc1cc(N)c(Cl)cc1C(=O)NC[C@H]1CN(CC2CCN(C(=O)CO)CC2)CCO1. The number of methoxy groups -OCH3 is 1. The van der Waals surface area contributed by atoms with Crippen LogP contribution in [0.2, 0.25) is 5.02 Å². The van der Waals surface area contributed by atoms with Gasteiger partial charge in [0.15, 0.2) is 0 Å². The molecule has 2 heterocycles. The third kappa shape index (κ3) is 6.22. The fraction of sp³-hybridized carbons (Fsp3) is 0.619. The molecule has 9 nitrogen and oxygen atoms in total. The number of anilines is 1. The van der Waals surface area contributed by atoms with Crippen molar-refractivity contribution in [3.63, 3.8) is 0 Å². The zero-order chi connectivity index (χ0) is 22.4. The number of hydrogen-bond acceptors (Lipinski definition) is 7. The minimum absolute atomic E-state index is 0.107. The second kappa shape index (κ2) is 11.0. The molecule has 0 unspecified atom stereocenters. The van der Waals surface area contributed by atoms with Gasteiger partial charge in [-0.3, -0.25) is 14.5 Å². The molecule has 0 aliphatic carbocycles. The van der Waals surface area contributed by atoms with Gasteiger partial charge in [-0.1, -0.05) is 11.6 Å². The number of amides is 2. The number of nitrogens with one attached hydrogen (secondary N) is 1. The summed E-state index contributed by atoms with van der Waals surface area (Å²) in [4.78, 5) is 28.3. The molecule has 3 rings (SSSR count). The number of nitrogens with zero attached hydrogens (tertiary/aromatic N) is 2. The fourth-order valence-corrected chi connectivity index (χ4v) is 4.28. The molecule has 31 heavy (non-hydrogen) atoms. The smallest absolute Gasteiger partial charge is 0.255 e. The molecule has 2 aliphatic rings. The van der Waals surface area contributed by atoms with Crippen LogP contribution in [0.1, 0.15) is 23.2 Å². The van der Waals surface area contributed by atoms with E-state index in [1.165, 1.54) is 19.2 Å². The van der Waals surface area contributed by atoms with Crippen LogP contribution in [0.15, 0.2) is 12.1 Å². The summed E-state index contributed by atoms with van der Waals surface area (Å²) in [5.41, 5.74) is 6.46. The Morgan fingerprint density at radius 2 is 2.06 bits per heavy atom. The zero-order valence-corrected chi connectivity index (χ0v) is 18.6. The summed E-state index contributed by atoms with van der Waals surface area (Å²) in [5.74, 6) is 0.397. The summed E-state index contributed by atoms with van der Waals surface area (Å²) < 4.78 is 11.1. The van der Waals surface area contributed by atoms with E-state index in [1.807, 2.05) is 0 Å². The first-order valence-corrected chi connectivity index (χ1v) is 10.9. The van der Waals surface area contributed by atoms with Crippen molar-refractivity contribution in [3.05, 3.63) is 22.7 Å². The number of nitrogen functional groups attached to an aromatic ring is 1. The number of halogens is 1. The van der Waals surface area contributed by atoms with Gasteiger partial charge >= 0.3 is 0 Å². The van der Waals surface area contributed by atoms with Crippen molar-refractivity contribution in [3.8, 4) is 5.75 Å². The van der Waals surface area contributed by atoms with Gasteiger partial charge in [-0.25, -0.2) is 0 Å². The number of rotatable bonds is 7. The first kappa shape index (κ1) is 23.6. The van der Waals surface area contributed by atoms with E-state index < -0.39 is 6.61 Å². The second-order valence-electron chi connectivity index (χ2n) is 8.02. The van der Waals surface area contributed by atoms with Gasteiger partial charge in [0, 0.05) is 45.3 Å². The molecule has 2 aliphatic heterocycles. The summed E-state index contributed by atoms with van der Waals surface area (Å²) in [5, 5.41) is 12.2. The summed E-state index contributed by atoms with van der Waals surface area (Å²) in [7, 11) is 1.48. The molecule has 2 saturated heterocycles. The van der Waals surface area contributed by atoms with Crippen LogP contribution in [0.4, 0.5) is 5.69 Å². The number of nitrogens with two attached hydrogens (primary N) is 1. The van der Waals surface area contributed by atoms with Crippen LogP contribution >= 0.6 is 11.6 Å². The van der Waals surface area contributed by atoms with Crippen LogP contribution in [0.3, 0.4) is 0 Å². The number of piperidine rings is 1. The Balaban J connectivity index is 1.47. The summed E-state index contributed by atoms with van der Waals surface area (Å²) in [6.45, 7) is 4.48. The molecule has 1 aromatic rings. The normalized spacial score (nSPS) is 20.5. The van der Waals surface area contributed by atoms with Crippen LogP contribution in [0.25, 0.3) is 0 Å². The Kier molecular flexibility index (Phi) is 8.36. The molecule has 0 radical (unpaired) electrons. The van der Waals surface area contributed by atoms with E-state index in [4.69, 9.17) is 31.9 Å². The topological polar surface area (TPSA) is 117 Å². The average molecular weight is 455 g/mol. The number of hydrogen-bond donors (Lipinski definition) is 3. The van der Waals surface area contributed by atoms with Gasteiger partial charge in [-0.15, -0.1) is 0 Å². The van der Waals surface area contributed by atoms with Crippen molar-refractivity contribution >= 4 is 29.1 Å². The highest BCUT2D eigenvalue weighted by Gasteiger charge is 2.27. The van der Waals surface area contributed by atoms with E-state index >= 15 is 0 Å². The monoisotopic (exact) mass is 454 g/mol. The van der Waals surface area contributed by atoms with E-state index in [2.05, 4.69) is 10.2 Å². The lowest BCUT2D eigenvalue weighted by Crippen LogP contribution is -2.50. The van der Waals surface area contributed by atoms with Crippen molar-refractivity contribution < 1.29 is 24.2 Å². The fourth-order valence-electron chi connectivity index (χ4n) is 4.12. The molecule has 10 heteroatoms. The number of carbonyl (C=O) groups excluding carboxylic acids is 2. The third-order valence-corrected chi connectivity index (χ3v) is 6.22. The van der Waals surface area contributed by atoms with E-state index in [-0.39, 0.29) is 17.9 Å². The molecule has 1 atom stereocenters. The first-order valence-electron chi connectivity index (χ1n) is 10.5. The van der Waals surface area contributed by atoms with Crippen LogP contribution in [0, 0.1) is 5.92 Å². The van der Waals surface area contributed by atoms with Crippen molar-refractivity contribution in [2.45, 2.75) is 18.9 Å². The highest BCUT2D eigenvalue weighted by molar-refractivity contribution is 6.33. The minimum atomic E-state index is -0.421.